The molecule has 1 fully saturated rings. The first-order valence-electron chi connectivity index (χ1n) is 2.65. The number of epoxide rings is 1. The first-order valence-corrected chi connectivity index (χ1v) is 3.02. The number of halogens is 1. The van der Waals surface area contributed by atoms with Crippen LogP contribution in [0.1, 0.15) is 6.92 Å². The maximum Gasteiger partial charge on any atom is 0.230 e. The number of hydrogen-bond donors (Lipinski definition) is 0. The Labute approximate surface area is 58.4 Å². The normalized spacial score (nSPS) is 40.0. The molecule has 0 radical (unpaired) electrons. The fourth-order valence-electron chi connectivity index (χ4n) is 0.621. The van der Waals surface area contributed by atoms with Crippen molar-refractivity contribution < 1.29 is 9.53 Å². The Morgan fingerprint density at radius 2 is 2.44 bits per heavy atom. The fourth-order valence-corrected chi connectivity index (χ4v) is 0.832. The van der Waals surface area contributed by atoms with Crippen LogP contribution >= 0.6 is 11.6 Å². The minimum absolute atomic E-state index is 0.162. The van der Waals surface area contributed by atoms with Gasteiger partial charge in [0.25, 0.3) is 0 Å². The molecule has 0 saturated carbocycles. The van der Waals surface area contributed by atoms with Crippen molar-refractivity contribution in [1.82, 2.24) is 0 Å². The summed E-state index contributed by atoms with van der Waals surface area (Å²) >= 11 is 5.60. The summed E-state index contributed by atoms with van der Waals surface area (Å²) in [6, 6.07) is 0. The van der Waals surface area contributed by atoms with Gasteiger partial charge in [0, 0.05) is 0 Å². The number of ether oxygens (including phenoxy) is 1. The SMILES string of the molecule is C=CC(=O)C1(Cl)OC1C. The van der Waals surface area contributed by atoms with Crippen molar-refractivity contribution in [2.75, 3.05) is 0 Å². The van der Waals surface area contributed by atoms with E-state index in [9.17, 15) is 4.79 Å². The van der Waals surface area contributed by atoms with Crippen LogP contribution in [0.25, 0.3) is 0 Å². The number of rotatable bonds is 2. The molecule has 1 aliphatic heterocycles. The molecular formula is C6H7ClO2. The summed E-state index contributed by atoms with van der Waals surface area (Å²) in [6.07, 6.45) is 1.01. The van der Waals surface area contributed by atoms with Gasteiger partial charge in [-0.25, -0.2) is 0 Å². The number of hydrogen-bond acceptors (Lipinski definition) is 2. The van der Waals surface area contributed by atoms with Crippen LogP contribution in [-0.2, 0) is 9.53 Å². The number of carbonyl (C=O) groups excluding carboxylic acids is 1. The monoisotopic (exact) mass is 146 g/mol. The molecule has 0 aliphatic carbocycles. The maximum atomic E-state index is 10.7. The van der Waals surface area contributed by atoms with Crippen LogP contribution in [0, 0.1) is 0 Å². The van der Waals surface area contributed by atoms with Gasteiger partial charge >= 0.3 is 0 Å². The third-order valence-electron chi connectivity index (χ3n) is 1.34. The van der Waals surface area contributed by atoms with E-state index in [1.54, 1.807) is 6.92 Å². The lowest BCUT2D eigenvalue weighted by atomic mass is 10.2. The largest absolute Gasteiger partial charge is 0.342 e. The third-order valence-corrected chi connectivity index (χ3v) is 1.92. The number of alkyl halides is 1. The molecule has 3 heteroatoms. The molecular weight excluding hydrogens is 140 g/mol. The van der Waals surface area contributed by atoms with Crippen molar-refractivity contribution in [2.24, 2.45) is 0 Å². The Hall–Kier alpha value is -0.340. The van der Waals surface area contributed by atoms with Crippen LogP contribution < -0.4 is 0 Å². The van der Waals surface area contributed by atoms with Crippen LogP contribution in [0.5, 0.6) is 0 Å². The molecule has 0 bridgehead atoms. The highest BCUT2D eigenvalue weighted by atomic mass is 35.5. The van der Waals surface area contributed by atoms with E-state index in [0.717, 1.165) is 0 Å². The molecule has 2 nitrogen and oxygen atoms in total. The Bertz CT molecular complexity index is 166. The zero-order valence-corrected chi connectivity index (χ0v) is 5.81. The van der Waals surface area contributed by atoms with Gasteiger partial charge in [0.05, 0.1) is 0 Å². The third kappa shape index (κ3) is 0.884. The molecule has 0 aromatic rings. The summed E-state index contributed by atoms with van der Waals surface area (Å²) < 4.78 is 4.80. The first kappa shape index (κ1) is 6.78. The van der Waals surface area contributed by atoms with Gasteiger partial charge in [-0.1, -0.05) is 18.2 Å². The van der Waals surface area contributed by atoms with Crippen molar-refractivity contribution in [2.45, 2.75) is 18.1 Å². The summed E-state index contributed by atoms with van der Waals surface area (Å²) in [5.41, 5.74) is 0. The average Bonchev–Trinajstić information content (AvgIpc) is 2.41. The van der Waals surface area contributed by atoms with Gasteiger partial charge in [-0.05, 0) is 13.0 Å². The standard InChI is InChI=1S/C6H7ClO2/c1-3-5(8)6(7)4(2)9-6/h3-4H,1H2,2H3. The first-order chi connectivity index (χ1) is 4.11. The van der Waals surface area contributed by atoms with Crippen molar-refractivity contribution in [3.63, 3.8) is 0 Å². The van der Waals surface area contributed by atoms with E-state index in [4.69, 9.17) is 16.3 Å². The Kier molecular flexibility index (Phi) is 1.37. The predicted octanol–water partition coefficient (Wildman–Crippen LogP) is 1.10. The molecule has 50 valence electrons. The van der Waals surface area contributed by atoms with E-state index >= 15 is 0 Å². The van der Waals surface area contributed by atoms with E-state index in [2.05, 4.69) is 6.58 Å². The second-order valence-corrected chi connectivity index (χ2v) is 2.53. The second-order valence-electron chi connectivity index (χ2n) is 1.97. The predicted molar refractivity (Wildman–Crippen MR) is 34.3 cm³/mol. The molecule has 1 aliphatic rings. The highest BCUT2D eigenvalue weighted by molar-refractivity contribution is 6.38. The highest BCUT2D eigenvalue weighted by Gasteiger charge is 2.57. The Morgan fingerprint density at radius 1 is 2.00 bits per heavy atom. The molecule has 0 amide bonds. The molecule has 1 saturated heterocycles. The van der Waals surface area contributed by atoms with E-state index in [1.165, 1.54) is 6.08 Å². The van der Waals surface area contributed by atoms with Crippen LogP contribution in [0.15, 0.2) is 12.7 Å². The lowest BCUT2D eigenvalue weighted by molar-refractivity contribution is -0.116. The number of ketones is 1. The summed E-state index contributed by atoms with van der Waals surface area (Å²) in [5.74, 6) is -0.253. The molecule has 2 unspecified atom stereocenters. The molecule has 1 rings (SSSR count). The van der Waals surface area contributed by atoms with Crippen LogP contribution in [0.2, 0.25) is 0 Å². The fraction of sp³-hybridized carbons (Fsp3) is 0.500. The van der Waals surface area contributed by atoms with E-state index in [-0.39, 0.29) is 11.9 Å². The molecule has 2 atom stereocenters. The van der Waals surface area contributed by atoms with Gasteiger partial charge in [-0.3, -0.25) is 4.79 Å². The summed E-state index contributed by atoms with van der Waals surface area (Å²) in [5, 5.41) is -1.07. The maximum absolute atomic E-state index is 10.7. The quantitative estimate of drug-likeness (QED) is 0.332. The van der Waals surface area contributed by atoms with Crippen molar-refractivity contribution >= 4 is 17.4 Å². The molecule has 0 aromatic carbocycles. The number of carbonyl (C=O) groups is 1. The lowest BCUT2D eigenvalue weighted by Crippen LogP contribution is -2.16. The van der Waals surface area contributed by atoms with E-state index in [1.807, 2.05) is 0 Å². The summed E-state index contributed by atoms with van der Waals surface area (Å²) in [7, 11) is 0. The van der Waals surface area contributed by atoms with Gasteiger partial charge in [-0.15, -0.1) is 0 Å². The van der Waals surface area contributed by atoms with Crippen molar-refractivity contribution in [3.05, 3.63) is 12.7 Å². The van der Waals surface area contributed by atoms with E-state index in [0.29, 0.717) is 0 Å². The smallest absolute Gasteiger partial charge is 0.230 e. The molecule has 1 heterocycles. The topological polar surface area (TPSA) is 29.6 Å². The lowest BCUT2D eigenvalue weighted by Gasteiger charge is -1.92. The Balaban J connectivity index is 2.64. The average molecular weight is 147 g/mol. The zero-order chi connectivity index (χ0) is 7.07. The summed E-state index contributed by atoms with van der Waals surface area (Å²) in [4.78, 5) is 10.7. The Morgan fingerprint density at radius 3 is 2.56 bits per heavy atom. The van der Waals surface area contributed by atoms with Crippen LogP contribution in [0.3, 0.4) is 0 Å². The zero-order valence-electron chi connectivity index (χ0n) is 5.06. The summed E-state index contributed by atoms with van der Waals surface area (Å²) in [6.45, 7) is 5.03. The van der Waals surface area contributed by atoms with Crippen LogP contribution in [-0.4, -0.2) is 16.9 Å². The van der Waals surface area contributed by atoms with Gasteiger partial charge in [0.1, 0.15) is 6.10 Å². The minimum Gasteiger partial charge on any atom is -0.342 e. The highest BCUT2D eigenvalue weighted by Crippen LogP contribution is 2.41. The molecule has 0 aromatic heterocycles. The van der Waals surface area contributed by atoms with Gasteiger partial charge in [0.15, 0.2) is 0 Å². The second kappa shape index (κ2) is 1.82. The molecule has 0 N–H and O–H groups in total. The molecule has 9 heavy (non-hydrogen) atoms. The van der Waals surface area contributed by atoms with Crippen molar-refractivity contribution in [3.8, 4) is 0 Å². The van der Waals surface area contributed by atoms with Crippen molar-refractivity contribution in [1.29, 1.82) is 0 Å². The van der Waals surface area contributed by atoms with Crippen LogP contribution in [0.4, 0.5) is 0 Å². The van der Waals surface area contributed by atoms with Gasteiger partial charge in [-0.2, -0.15) is 0 Å². The van der Waals surface area contributed by atoms with Gasteiger partial charge in [0.2, 0.25) is 10.8 Å². The molecule has 0 spiro atoms. The minimum atomic E-state index is -1.07. The van der Waals surface area contributed by atoms with E-state index < -0.39 is 5.06 Å². The van der Waals surface area contributed by atoms with Gasteiger partial charge < -0.3 is 4.74 Å².